The van der Waals surface area contributed by atoms with Gasteiger partial charge in [0.25, 0.3) is 0 Å². The number of hydrogen-bond donors (Lipinski definition) is 0. The summed E-state index contributed by atoms with van der Waals surface area (Å²) in [6.45, 7) is 4.05. The number of carbonyl (C=O) groups excluding carboxylic acids is 1. The molecule has 1 aliphatic carbocycles. The maximum atomic E-state index is 11.5. The molecule has 0 fully saturated rings. The van der Waals surface area contributed by atoms with Gasteiger partial charge in [-0.2, -0.15) is 0 Å². The van der Waals surface area contributed by atoms with E-state index in [-0.39, 0.29) is 29.8 Å². The third-order valence-electron chi connectivity index (χ3n) is 3.20. The normalized spacial score (nSPS) is 25.2. The molecular formula is C12H19N3O2. The van der Waals surface area contributed by atoms with Crippen molar-refractivity contribution >= 4 is 5.97 Å². The maximum absolute atomic E-state index is 11.5. The average Bonchev–Trinajstić information content (AvgIpc) is 2.34. The van der Waals surface area contributed by atoms with Gasteiger partial charge in [0.1, 0.15) is 0 Å². The number of rotatable bonds is 4. The van der Waals surface area contributed by atoms with E-state index in [4.69, 9.17) is 10.3 Å². The maximum Gasteiger partial charge on any atom is 0.308 e. The Kier molecular flexibility index (Phi) is 5.04. The van der Waals surface area contributed by atoms with Crippen molar-refractivity contribution in [3.63, 3.8) is 0 Å². The molecule has 0 unspecified atom stereocenters. The topological polar surface area (TPSA) is 75.1 Å². The van der Waals surface area contributed by atoms with Gasteiger partial charge in [0.2, 0.25) is 0 Å². The molecular weight excluding hydrogens is 218 g/mol. The van der Waals surface area contributed by atoms with Gasteiger partial charge in [-0.3, -0.25) is 4.79 Å². The first-order valence-electron chi connectivity index (χ1n) is 5.88. The van der Waals surface area contributed by atoms with E-state index in [1.807, 2.05) is 19.9 Å². The summed E-state index contributed by atoms with van der Waals surface area (Å²) in [4.78, 5) is 14.4. The third-order valence-corrected chi connectivity index (χ3v) is 3.20. The highest BCUT2D eigenvalue weighted by atomic mass is 16.5. The van der Waals surface area contributed by atoms with Gasteiger partial charge in [-0.05, 0) is 30.2 Å². The Bertz CT molecular complexity index is 346. The second-order valence-electron chi connectivity index (χ2n) is 4.72. The van der Waals surface area contributed by atoms with E-state index in [9.17, 15) is 4.79 Å². The van der Waals surface area contributed by atoms with Crippen LogP contribution in [0, 0.1) is 17.8 Å². The molecule has 5 heteroatoms. The molecule has 0 aliphatic heterocycles. The number of azide groups is 1. The molecule has 5 nitrogen and oxygen atoms in total. The fourth-order valence-corrected chi connectivity index (χ4v) is 2.31. The largest absolute Gasteiger partial charge is 0.469 e. The second kappa shape index (κ2) is 6.30. The van der Waals surface area contributed by atoms with Crippen LogP contribution in [-0.4, -0.2) is 19.1 Å². The quantitative estimate of drug-likeness (QED) is 0.248. The zero-order valence-electron chi connectivity index (χ0n) is 10.5. The van der Waals surface area contributed by atoms with Crippen molar-refractivity contribution in [2.45, 2.75) is 32.7 Å². The highest BCUT2D eigenvalue weighted by molar-refractivity contribution is 5.72. The molecule has 0 amide bonds. The lowest BCUT2D eigenvalue weighted by atomic mass is 9.79. The van der Waals surface area contributed by atoms with E-state index in [1.165, 1.54) is 7.11 Å². The lowest BCUT2D eigenvalue weighted by molar-refractivity contribution is -0.146. The zero-order valence-corrected chi connectivity index (χ0v) is 10.5. The molecule has 0 aromatic heterocycles. The van der Waals surface area contributed by atoms with Crippen LogP contribution in [0.25, 0.3) is 10.4 Å². The van der Waals surface area contributed by atoms with Gasteiger partial charge in [0.05, 0.1) is 13.0 Å². The van der Waals surface area contributed by atoms with Crippen LogP contribution in [0.2, 0.25) is 0 Å². The zero-order chi connectivity index (χ0) is 12.8. The van der Waals surface area contributed by atoms with Crippen molar-refractivity contribution in [1.29, 1.82) is 0 Å². The Morgan fingerprint density at radius 2 is 2.29 bits per heavy atom. The van der Waals surface area contributed by atoms with Gasteiger partial charge in [0, 0.05) is 11.0 Å². The van der Waals surface area contributed by atoms with Crippen LogP contribution in [0.3, 0.4) is 0 Å². The molecule has 0 aromatic rings. The standard InChI is InChI=1S/C12H19N3O2/c1-8(2)11(14-15-13)9-5-4-6-10(7-9)12(16)17-3/h4-5,8-11H,6-7H2,1-3H3/t9-,10+,11-/m0/s1. The van der Waals surface area contributed by atoms with Crippen molar-refractivity contribution in [3.8, 4) is 0 Å². The van der Waals surface area contributed by atoms with E-state index in [0.717, 1.165) is 0 Å². The van der Waals surface area contributed by atoms with Crippen LogP contribution in [0.5, 0.6) is 0 Å². The number of carbonyl (C=O) groups is 1. The summed E-state index contributed by atoms with van der Waals surface area (Å²) in [6, 6.07) is -0.0938. The molecule has 1 aliphatic rings. The van der Waals surface area contributed by atoms with Gasteiger partial charge in [-0.1, -0.05) is 31.1 Å². The molecule has 0 heterocycles. The Morgan fingerprint density at radius 3 is 2.82 bits per heavy atom. The summed E-state index contributed by atoms with van der Waals surface area (Å²) >= 11 is 0. The Labute approximate surface area is 101 Å². The molecule has 0 aromatic carbocycles. The van der Waals surface area contributed by atoms with E-state index in [0.29, 0.717) is 12.8 Å². The summed E-state index contributed by atoms with van der Waals surface area (Å²) in [6.07, 6.45) is 5.45. The fourth-order valence-electron chi connectivity index (χ4n) is 2.31. The molecule has 3 atom stereocenters. The van der Waals surface area contributed by atoms with Crippen LogP contribution >= 0.6 is 0 Å². The van der Waals surface area contributed by atoms with Gasteiger partial charge in [-0.25, -0.2) is 0 Å². The fraction of sp³-hybridized carbons (Fsp3) is 0.750. The van der Waals surface area contributed by atoms with Crippen LogP contribution in [0.4, 0.5) is 0 Å². The molecule has 1 rings (SSSR count). The number of methoxy groups -OCH3 is 1. The van der Waals surface area contributed by atoms with E-state index in [2.05, 4.69) is 16.1 Å². The van der Waals surface area contributed by atoms with Crippen molar-refractivity contribution in [3.05, 3.63) is 22.6 Å². The van der Waals surface area contributed by atoms with Crippen molar-refractivity contribution < 1.29 is 9.53 Å². The van der Waals surface area contributed by atoms with Gasteiger partial charge in [0.15, 0.2) is 0 Å². The monoisotopic (exact) mass is 237 g/mol. The summed E-state index contributed by atoms with van der Waals surface area (Å²) in [7, 11) is 1.41. The number of allylic oxidation sites excluding steroid dienone is 1. The van der Waals surface area contributed by atoms with Crippen LogP contribution in [0.1, 0.15) is 26.7 Å². The van der Waals surface area contributed by atoms with Gasteiger partial charge in [-0.15, -0.1) is 0 Å². The summed E-state index contributed by atoms with van der Waals surface area (Å²) in [5, 5.41) is 3.84. The smallest absolute Gasteiger partial charge is 0.308 e. The second-order valence-corrected chi connectivity index (χ2v) is 4.72. The number of esters is 1. The Hall–Kier alpha value is -1.48. The van der Waals surface area contributed by atoms with Gasteiger partial charge < -0.3 is 4.74 Å². The minimum Gasteiger partial charge on any atom is -0.469 e. The summed E-state index contributed by atoms with van der Waals surface area (Å²) < 4.78 is 4.76. The highest BCUT2D eigenvalue weighted by Crippen LogP contribution is 2.31. The lowest BCUT2D eigenvalue weighted by Gasteiger charge is -2.29. The van der Waals surface area contributed by atoms with Crippen LogP contribution in [-0.2, 0) is 9.53 Å². The Balaban J connectivity index is 2.77. The van der Waals surface area contributed by atoms with Crippen molar-refractivity contribution in [1.82, 2.24) is 0 Å². The first kappa shape index (κ1) is 13.6. The predicted molar refractivity (Wildman–Crippen MR) is 65.1 cm³/mol. The molecule has 0 radical (unpaired) electrons. The summed E-state index contributed by atoms with van der Waals surface area (Å²) in [5.41, 5.74) is 8.58. The Morgan fingerprint density at radius 1 is 1.59 bits per heavy atom. The minimum atomic E-state index is -0.178. The average molecular weight is 237 g/mol. The van der Waals surface area contributed by atoms with Gasteiger partial charge >= 0.3 is 5.97 Å². The van der Waals surface area contributed by atoms with Crippen molar-refractivity contribution in [2.75, 3.05) is 7.11 Å². The molecule has 0 saturated carbocycles. The lowest BCUT2D eigenvalue weighted by Crippen LogP contribution is -2.29. The molecule has 0 N–H and O–H groups in total. The predicted octanol–water partition coefficient (Wildman–Crippen LogP) is 3.08. The number of nitrogens with zero attached hydrogens (tertiary/aromatic N) is 3. The molecule has 0 saturated heterocycles. The minimum absolute atomic E-state index is 0.0938. The highest BCUT2D eigenvalue weighted by Gasteiger charge is 2.30. The van der Waals surface area contributed by atoms with E-state index in [1.54, 1.807) is 0 Å². The third kappa shape index (κ3) is 3.49. The molecule has 94 valence electrons. The summed E-state index contributed by atoms with van der Waals surface area (Å²) in [5.74, 6) is 0.105. The number of hydrogen-bond acceptors (Lipinski definition) is 3. The molecule has 17 heavy (non-hydrogen) atoms. The number of ether oxygens (including phenoxy) is 1. The van der Waals surface area contributed by atoms with Crippen LogP contribution in [0.15, 0.2) is 17.3 Å². The van der Waals surface area contributed by atoms with Crippen LogP contribution < -0.4 is 0 Å². The molecule has 0 spiro atoms. The SMILES string of the molecule is COC(=O)[C@@H]1CC=C[C@H]([C@@H](N=[N+]=[N-])C(C)C)C1. The van der Waals surface area contributed by atoms with Crippen molar-refractivity contribution in [2.24, 2.45) is 22.9 Å². The first-order valence-corrected chi connectivity index (χ1v) is 5.88. The molecule has 0 bridgehead atoms. The first-order chi connectivity index (χ1) is 8.10. The van der Waals surface area contributed by atoms with E-state index >= 15 is 0 Å². The van der Waals surface area contributed by atoms with E-state index < -0.39 is 0 Å².